The summed E-state index contributed by atoms with van der Waals surface area (Å²) in [4.78, 5) is 11.6. The Bertz CT molecular complexity index is 688. The van der Waals surface area contributed by atoms with Gasteiger partial charge in [-0.25, -0.2) is 4.39 Å². The maximum atomic E-state index is 13.1. The third-order valence-electron chi connectivity index (χ3n) is 2.77. The van der Waals surface area contributed by atoms with Gasteiger partial charge in [-0.2, -0.15) is 0 Å². The van der Waals surface area contributed by atoms with Gasteiger partial charge in [0.25, 0.3) is 0 Å². The predicted molar refractivity (Wildman–Crippen MR) is 67.2 cm³/mol. The number of benzene rings is 1. The molecule has 0 radical (unpaired) electrons. The molecule has 0 amide bonds. The molecular weight excluding hydrogens is 231 g/mol. The minimum absolute atomic E-state index is 0.263. The van der Waals surface area contributed by atoms with Crippen molar-refractivity contribution in [3.05, 3.63) is 48.2 Å². The van der Waals surface area contributed by atoms with E-state index < -0.39 is 0 Å². The number of nitrogens with two attached hydrogens (primary N) is 1. The van der Waals surface area contributed by atoms with Crippen molar-refractivity contribution < 1.29 is 4.39 Å². The summed E-state index contributed by atoms with van der Waals surface area (Å²) in [6.45, 7) is 0.366. The summed E-state index contributed by atoms with van der Waals surface area (Å²) in [7, 11) is 0. The SMILES string of the molecule is NCc1cnc(-c2cc3ccc(F)cc3[nH]2)cn1. The van der Waals surface area contributed by atoms with E-state index in [1.165, 1.54) is 12.1 Å². The third-order valence-corrected chi connectivity index (χ3v) is 2.77. The number of H-pyrrole nitrogens is 1. The van der Waals surface area contributed by atoms with Crippen molar-refractivity contribution in [1.29, 1.82) is 0 Å². The molecule has 0 fully saturated rings. The van der Waals surface area contributed by atoms with E-state index >= 15 is 0 Å². The average Bonchev–Trinajstić information content (AvgIpc) is 2.81. The molecule has 0 saturated carbocycles. The minimum Gasteiger partial charge on any atom is -0.353 e. The molecule has 1 aromatic carbocycles. The van der Waals surface area contributed by atoms with Gasteiger partial charge in [-0.05, 0) is 24.3 Å². The Morgan fingerprint density at radius 2 is 2.06 bits per heavy atom. The highest BCUT2D eigenvalue weighted by Crippen LogP contribution is 2.22. The zero-order valence-corrected chi connectivity index (χ0v) is 9.52. The Morgan fingerprint density at radius 1 is 1.17 bits per heavy atom. The molecule has 2 aromatic heterocycles. The highest BCUT2D eigenvalue weighted by atomic mass is 19.1. The highest BCUT2D eigenvalue weighted by Gasteiger charge is 2.05. The van der Waals surface area contributed by atoms with Crippen LogP contribution in [0.1, 0.15) is 5.69 Å². The first-order valence-corrected chi connectivity index (χ1v) is 5.56. The topological polar surface area (TPSA) is 67.6 Å². The standard InChI is InChI=1S/C13H11FN4/c14-9-2-1-8-3-12(18-11(8)4-9)13-7-16-10(5-15)6-17-13/h1-4,6-7,18H,5,15H2. The number of hydrogen-bond acceptors (Lipinski definition) is 3. The largest absolute Gasteiger partial charge is 0.353 e. The van der Waals surface area contributed by atoms with Crippen LogP contribution in [-0.2, 0) is 6.54 Å². The van der Waals surface area contributed by atoms with Gasteiger partial charge in [-0.3, -0.25) is 9.97 Å². The Kier molecular flexibility index (Phi) is 2.53. The van der Waals surface area contributed by atoms with Crippen molar-refractivity contribution in [3.63, 3.8) is 0 Å². The highest BCUT2D eigenvalue weighted by molar-refractivity contribution is 5.85. The van der Waals surface area contributed by atoms with Crippen LogP contribution in [0, 0.1) is 5.82 Å². The molecule has 0 aliphatic rings. The lowest BCUT2D eigenvalue weighted by Gasteiger charge is -1.98. The number of nitrogens with one attached hydrogen (secondary N) is 1. The average molecular weight is 242 g/mol. The van der Waals surface area contributed by atoms with Crippen molar-refractivity contribution in [2.45, 2.75) is 6.54 Å². The van der Waals surface area contributed by atoms with Gasteiger partial charge in [0.15, 0.2) is 0 Å². The molecule has 0 atom stereocenters. The van der Waals surface area contributed by atoms with Crippen molar-refractivity contribution >= 4 is 10.9 Å². The van der Waals surface area contributed by atoms with E-state index in [1.807, 2.05) is 6.07 Å². The zero-order chi connectivity index (χ0) is 12.5. The van der Waals surface area contributed by atoms with E-state index in [0.717, 1.165) is 22.3 Å². The number of rotatable bonds is 2. The van der Waals surface area contributed by atoms with Crippen molar-refractivity contribution in [2.75, 3.05) is 0 Å². The molecule has 3 aromatic rings. The van der Waals surface area contributed by atoms with Gasteiger partial charge >= 0.3 is 0 Å². The van der Waals surface area contributed by atoms with Crippen LogP contribution in [0.3, 0.4) is 0 Å². The quantitative estimate of drug-likeness (QED) is 0.724. The summed E-state index contributed by atoms with van der Waals surface area (Å²) in [6, 6.07) is 6.54. The van der Waals surface area contributed by atoms with Crippen LogP contribution >= 0.6 is 0 Å². The predicted octanol–water partition coefficient (Wildman–Crippen LogP) is 2.22. The molecule has 3 rings (SSSR count). The summed E-state index contributed by atoms with van der Waals surface area (Å²) in [5.74, 6) is -0.263. The van der Waals surface area contributed by atoms with Gasteiger partial charge < -0.3 is 10.7 Å². The maximum Gasteiger partial charge on any atom is 0.125 e. The van der Waals surface area contributed by atoms with E-state index in [4.69, 9.17) is 5.73 Å². The summed E-state index contributed by atoms with van der Waals surface area (Å²) < 4.78 is 13.1. The minimum atomic E-state index is -0.263. The van der Waals surface area contributed by atoms with E-state index in [9.17, 15) is 4.39 Å². The third kappa shape index (κ3) is 1.84. The first-order valence-electron chi connectivity index (χ1n) is 5.56. The number of fused-ring (bicyclic) bond motifs is 1. The fourth-order valence-electron chi connectivity index (χ4n) is 1.84. The Labute approximate surface area is 103 Å². The fraction of sp³-hybridized carbons (Fsp3) is 0.0769. The van der Waals surface area contributed by atoms with Crippen LogP contribution in [0.2, 0.25) is 0 Å². The van der Waals surface area contributed by atoms with E-state index in [-0.39, 0.29) is 5.82 Å². The van der Waals surface area contributed by atoms with Crippen LogP contribution < -0.4 is 5.73 Å². The van der Waals surface area contributed by atoms with Crippen LogP contribution in [0.4, 0.5) is 4.39 Å². The molecule has 0 aliphatic heterocycles. The van der Waals surface area contributed by atoms with Gasteiger partial charge in [0.1, 0.15) is 11.5 Å². The summed E-state index contributed by atoms with van der Waals surface area (Å²) in [5.41, 5.74) is 8.47. The normalized spacial score (nSPS) is 11.0. The Balaban J connectivity index is 2.07. The Hall–Kier alpha value is -2.27. The van der Waals surface area contributed by atoms with Crippen molar-refractivity contribution in [2.24, 2.45) is 5.73 Å². The number of aromatic amines is 1. The van der Waals surface area contributed by atoms with Crippen molar-refractivity contribution in [3.8, 4) is 11.4 Å². The smallest absolute Gasteiger partial charge is 0.125 e. The molecule has 0 aliphatic carbocycles. The molecule has 5 heteroatoms. The van der Waals surface area contributed by atoms with Gasteiger partial charge in [-0.15, -0.1) is 0 Å². The summed E-state index contributed by atoms with van der Waals surface area (Å²) in [6.07, 6.45) is 3.30. The lowest BCUT2D eigenvalue weighted by molar-refractivity contribution is 0.629. The molecule has 90 valence electrons. The number of nitrogens with zero attached hydrogens (tertiary/aromatic N) is 2. The van der Waals surface area contributed by atoms with Crippen LogP contribution in [-0.4, -0.2) is 15.0 Å². The van der Waals surface area contributed by atoms with Crippen LogP contribution in [0.15, 0.2) is 36.7 Å². The number of halogens is 1. The lowest BCUT2D eigenvalue weighted by Crippen LogP contribution is -2.00. The van der Waals surface area contributed by atoms with E-state index in [0.29, 0.717) is 12.2 Å². The molecular formula is C13H11FN4. The molecule has 18 heavy (non-hydrogen) atoms. The second-order valence-corrected chi connectivity index (χ2v) is 4.01. The van der Waals surface area contributed by atoms with Crippen molar-refractivity contribution in [1.82, 2.24) is 15.0 Å². The van der Waals surface area contributed by atoms with Gasteiger partial charge in [0.05, 0.1) is 23.8 Å². The number of aromatic nitrogens is 3. The van der Waals surface area contributed by atoms with Gasteiger partial charge in [-0.1, -0.05) is 0 Å². The number of hydrogen-bond donors (Lipinski definition) is 2. The molecule has 2 heterocycles. The van der Waals surface area contributed by atoms with E-state index in [1.54, 1.807) is 18.5 Å². The fourth-order valence-corrected chi connectivity index (χ4v) is 1.84. The van der Waals surface area contributed by atoms with Gasteiger partial charge in [0, 0.05) is 17.4 Å². The van der Waals surface area contributed by atoms with E-state index in [2.05, 4.69) is 15.0 Å². The molecule has 0 bridgehead atoms. The first kappa shape index (κ1) is 10.9. The van der Waals surface area contributed by atoms with Gasteiger partial charge in [0.2, 0.25) is 0 Å². The summed E-state index contributed by atoms with van der Waals surface area (Å²) >= 11 is 0. The maximum absolute atomic E-state index is 13.1. The molecule has 0 unspecified atom stereocenters. The molecule has 3 N–H and O–H groups in total. The summed E-state index contributed by atoms with van der Waals surface area (Å²) in [5, 5.41) is 0.941. The molecule has 0 saturated heterocycles. The van der Waals surface area contributed by atoms with Crippen LogP contribution in [0.5, 0.6) is 0 Å². The van der Waals surface area contributed by atoms with Crippen LogP contribution in [0.25, 0.3) is 22.3 Å². The molecule has 0 spiro atoms. The first-order chi connectivity index (χ1) is 8.76. The zero-order valence-electron chi connectivity index (χ0n) is 9.52. The second-order valence-electron chi connectivity index (χ2n) is 4.01. The lowest BCUT2D eigenvalue weighted by atomic mass is 10.2. The monoisotopic (exact) mass is 242 g/mol. The second kappa shape index (κ2) is 4.19. The molecule has 4 nitrogen and oxygen atoms in total. The Morgan fingerprint density at radius 3 is 2.78 bits per heavy atom.